The number of amides is 1. The van der Waals surface area contributed by atoms with E-state index in [9.17, 15) is 4.79 Å². The van der Waals surface area contributed by atoms with Gasteiger partial charge in [-0.05, 0) is 36.4 Å². The Bertz CT molecular complexity index is 433. The molecule has 0 aromatic heterocycles. The highest BCUT2D eigenvalue weighted by Gasteiger charge is 2.32. The van der Waals surface area contributed by atoms with E-state index in [4.69, 9.17) is 5.73 Å². The molecule has 96 valence electrons. The average Bonchev–Trinajstić information content (AvgIpc) is 2.78. The zero-order valence-electron chi connectivity index (χ0n) is 10.1. The molecule has 0 radical (unpaired) electrons. The largest absolute Gasteiger partial charge is 0.326 e. The maximum atomic E-state index is 12.2. The second-order valence-corrected chi connectivity index (χ2v) is 5.03. The van der Waals surface area contributed by atoms with Crippen molar-refractivity contribution in [2.75, 3.05) is 4.90 Å². The molecule has 0 bridgehead atoms. The molecule has 0 aliphatic heterocycles. The molecule has 2 rings (SSSR count). The lowest BCUT2D eigenvalue weighted by molar-refractivity contribution is -0.114. The number of hydrogen-bond acceptors (Lipinski definition) is 2. The van der Waals surface area contributed by atoms with Crippen molar-refractivity contribution in [1.82, 2.24) is 0 Å². The first-order valence-corrected chi connectivity index (χ1v) is 7.06. The summed E-state index contributed by atoms with van der Waals surface area (Å²) >= 11 is 3.16. The van der Waals surface area contributed by atoms with Crippen molar-refractivity contribution in [2.45, 2.75) is 31.3 Å². The lowest BCUT2D eigenvalue weighted by atomic mass is 10.1. The Morgan fingerprint density at radius 2 is 2.06 bits per heavy atom. The molecule has 0 spiro atoms. The van der Waals surface area contributed by atoms with Crippen LogP contribution in [-0.2, 0) is 4.79 Å². The Morgan fingerprint density at radius 1 is 1.33 bits per heavy atom. The Balaban J connectivity index is 2.31. The zero-order valence-corrected chi connectivity index (χ0v) is 11.7. The number of para-hydroxylation sites is 1. The molecule has 4 heteroatoms. The first-order valence-electron chi connectivity index (χ1n) is 6.14. The number of nitrogens with zero attached hydrogens (tertiary/aromatic N) is 1. The number of anilines is 1. The fourth-order valence-electron chi connectivity index (χ4n) is 2.49. The number of carbonyl (C=O) groups is 1. The number of carbonyl (C=O) groups excluding carboxylic acids is 1. The van der Waals surface area contributed by atoms with Gasteiger partial charge in [-0.1, -0.05) is 34.1 Å². The number of halogens is 1. The van der Waals surface area contributed by atoms with E-state index in [1.165, 1.54) is 6.08 Å². The van der Waals surface area contributed by atoms with E-state index >= 15 is 0 Å². The Kier molecular flexibility index (Phi) is 4.55. The summed E-state index contributed by atoms with van der Waals surface area (Å²) in [5.41, 5.74) is 7.03. The van der Waals surface area contributed by atoms with Crippen LogP contribution >= 0.6 is 15.9 Å². The summed E-state index contributed by atoms with van der Waals surface area (Å²) in [6.07, 6.45) is 4.57. The monoisotopic (exact) mass is 308 g/mol. The number of benzene rings is 1. The molecule has 2 unspecified atom stereocenters. The Labute approximate surface area is 116 Å². The van der Waals surface area contributed by atoms with Gasteiger partial charge in [-0.25, -0.2) is 0 Å². The molecule has 18 heavy (non-hydrogen) atoms. The smallest absolute Gasteiger partial charge is 0.251 e. The maximum Gasteiger partial charge on any atom is 0.251 e. The topological polar surface area (TPSA) is 46.3 Å². The number of hydrogen-bond donors (Lipinski definition) is 1. The van der Waals surface area contributed by atoms with Gasteiger partial charge in [0.05, 0.1) is 6.04 Å². The maximum absolute atomic E-state index is 12.2. The van der Waals surface area contributed by atoms with E-state index < -0.39 is 0 Å². The molecular formula is C14H17BrN2O. The van der Waals surface area contributed by atoms with Gasteiger partial charge in [0.1, 0.15) is 0 Å². The standard InChI is InChI=1S/C14H17BrN2O/c15-10-9-14(18)17(11-5-2-1-3-6-11)13-8-4-7-12(13)16/h1-3,5-6,9-10,12-13H,4,7-8,16H2/b10-9-. The third-order valence-electron chi connectivity index (χ3n) is 3.34. The quantitative estimate of drug-likeness (QED) is 0.873. The van der Waals surface area contributed by atoms with E-state index in [2.05, 4.69) is 15.9 Å². The Morgan fingerprint density at radius 3 is 2.61 bits per heavy atom. The second kappa shape index (κ2) is 6.16. The van der Waals surface area contributed by atoms with Crippen LogP contribution in [-0.4, -0.2) is 18.0 Å². The molecule has 1 saturated carbocycles. The van der Waals surface area contributed by atoms with E-state index in [1.807, 2.05) is 35.2 Å². The van der Waals surface area contributed by atoms with Crippen LogP contribution in [0, 0.1) is 0 Å². The van der Waals surface area contributed by atoms with E-state index in [0.29, 0.717) is 0 Å². The van der Waals surface area contributed by atoms with Gasteiger partial charge < -0.3 is 10.6 Å². The highest BCUT2D eigenvalue weighted by atomic mass is 79.9. The lowest BCUT2D eigenvalue weighted by Crippen LogP contribution is -2.47. The van der Waals surface area contributed by atoms with Crippen LogP contribution in [0.4, 0.5) is 5.69 Å². The lowest BCUT2D eigenvalue weighted by Gasteiger charge is -2.31. The molecule has 1 aliphatic rings. The van der Waals surface area contributed by atoms with Crippen molar-refractivity contribution in [3.05, 3.63) is 41.4 Å². The van der Waals surface area contributed by atoms with Gasteiger partial charge in [-0.2, -0.15) is 0 Å². The van der Waals surface area contributed by atoms with Gasteiger partial charge in [0.25, 0.3) is 5.91 Å². The fraction of sp³-hybridized carbons (Fsp3) is 0.357. The average molecular weight is 309 g/mol. The summed E-state index contributed by atoms with van der Waals surface area (Å²) in [5, 5.41) is 0. The summed E-state index contributed by atoms with van der Waals surface area (Å²) in [6.45, 7) is 0. The predicted molar refractivity (Wildman–Crippen MR) is 77.6 cm³/mol. The third kappa shape index (κ3) is 2.82. The second-order valence-electron chi connectivity index (χ2n) is 4.50. The molecule has 1 amide bonds. The molecule has 1 fully saturated rings. The molecule has 1 aromatic carbocycles. The highest BCUT2D eigenvalue weighted by molar-refractivity contribution is 9.11. The molecule has 1 aromatic rings. The van der Waals surface area contributed by atoms with Gasteiger partial charge in [0.2, 0.25) is 0 Å². The van der Waals surface area contributed by atoms with Crippen LogP contribution in [0.3, 0.4) is 0 Å². The molecule has 1 aliphatic carbocycles. The predicted octanol–water partition coefficient (Wildman–Crippen LogP) is 2.81. The van der Waals surface area contributed by atoms with Crippen LogP contribution in [0.2, 0.25) is 0 Å². The van der Waals surface area contributed by atoms with E-state index in [0.717, 1.165) is 24.9 Å². The normalized spacial score (nSPS) is 23.4. The van der Waals surface area contributed by atoms with Crippen molar-refractivity contribution in [3.8, 4) is 0 Å². The molecular weight excluding hydrogens is 292 g/mol. The van der Waals surface area contributed by atoms with Crippen molar-refractivity contribution in [1.29, 1.82) is 0 Å². The van der Waals surface area contributed by atoms with E-state index in [1.54, 1.807) is 4.99 Å². The van der Waals surface area contributed by atoms with Crippen LogP contribution in [0.1, 0.15) is 19.3 Å². The van der Waals surface area contributed by atoms with Gasteiger partial charge in [-0.15, -0.1) is 0 Å². The molecule has 2 atom stereocenters. The minimum atomic E-state index is -0.0274. The van der Waals surface area contributed by atoms with Crippen LogP contribution in [0.25, 0.3) is 0 Å². The SMILES string of the molecule is NC1CCCC1N(C(=O)/C=C\Br)c1ccccc1. The van der Waals surface area contributed by atoms with Crippen molar-refractivity contribution < 1.29 is 4.79 Å². The van der Waals surface area contributed by atoms with Crippen molar-refractivity contribution in [2.24, 2.45) is 5.73 Å². The van der Waals surface area contributed by atoms with Crippen LogP contribution in [0.5, 0.6) is 0 Å². The Hall–Kier alpha value is -1.13. The summed E-state index contributed by atoms with van der Waals surface area (Å²) in [4.78, 5) is 15.6. The van der Waals surface area contributed by atoms with Crippen LogP contribution in [0.15, 0.2) is 41.4 Å². The summed E-state index contributed by atoms with van der Waals surface area (Å²) in [5.74, 6) is -0.0274. The van der Waals surface area contributed by atoms with Crippen molar-refractivity contribution >= 4 is 27.5 Å². The summed E-state index contributed by atoms with van der Waals surface area (Å²) < 4.78 is 0. The van der Waals surface area contributed by atoms with Gasteiger partial charge in [0, 0.05) is 17.8 Å². The zero-order chi connectivity index (χ0) is 13.0. The van der Waals surface area contributed by atoms with Crippen LogP contribution < -0.4 is 10.6 Å². The first-order chi connectivity index (χ1) is 8.74. The molecule has 0 saturated heterocycles. The summed E-state index contributed by atoms with van der Waals surface area (Å²) in [6, 6.07) is 9.89. The minimum absolute atomic E-state index is 0.0274. The van der Waals surface area contributed by atoms with E-state index in [-0.39, 0.29) is 18.0 Å². The van der Waals surface area contributed by atoms with Gasteiger partial charge in [0.15, 0.2) is 0 Å². The highest BCUT2D eigenvalue weighted by Crippen LogP contribution is 2.28. The van der Waals surface area contributed by atoms with Gasteiger partial charge in [-0.3, -0.25) is 4.79 Å². The first kappa shape index (κ1) is 13.3. The summed E-state index contributed by atoms with van der Waals surface area (Å²) in [7, 11) is 0. The van der Waals surface area contributed by atoms with Crippen molar-refractivity contribution in [3.63, 3.8) is 0 Å². The fourth-order valence-corrected chi connectivity index (χ4v) is 2.72. The number of nitrogens with two attached hydrogens (primary N) is 1. The molecule has 2 N–H and O–H groups in total. The number of rotatable bonds is 3. The molecule has 3 nitrogen and oxygen atoms in total. The minimum Gasteiger partial charge on any atom is -0.326 e. The third-order valence-corrected chi connectivity index (χ3v) is 3.60. The van der Waals surface area contributed by atoms with Gasteiger partial charge >= 0.3 is 0 Å². The molecule has 0 heterocycles.